The highest BCUT2D eigenvalue weighted by molar-refractivity contribution is 6.04. The van der Waals surface area contributed by atoms with E-state index in [2.05, 4.69) is 48.0 Å². The van der Waals surface area contributed by atoms with Gasteiger partial charge in [-0.15, -0.1) is 0 Å². The summed E-state index contributed by atoms with van der Waals surface area (Å²) in [5.74, 6) is 0.349. The number of carbonyl (C=O) groups is 2. The fourth-order valence-electron chi connectivity index (χ4n) is 6.61. The number of aromatic nitrogens is 4. The van der Waals surface area contributed by atoms with E-state index in [9.17, 15) is 14.0 Å². The van der Waals surface area contributed by atoms with Gasteiger partial charge in [-0.3, -0.25) is 9.59 Å². The van der Waals surface area contributed by atoms with E-state index >= 15 is 0 Å². The van der Waals surface area contributed by atoms with Crippen molar-refractivity contribution in [3.63, 3.8) is 0 Å². The van der Waals surface area contributed by atoms with Gasteiger partial charge in [-0.2, -0.15) is 4.98 Å². The van der Waals surface area contributed by atoms with Crippen LogP contribution in [-0.4, -0.2) is 83.6 Å². The van der Waals surface area contributed by atoms with Crippen molar-refractivity contribution in [2.75, 3.05) is 60.2 Å². The third-order valence-electron chi connectivity index (χ3n) is 9.17. The first-order chi connectivity index (χ1) is 21.9. The van der Waals surface area contributed by atoms with E-state index in [1.807, 2.05) is 11.0 Å². The second kappa shape index (κ2) is 13.8. The summed E-state index contributed by atoms with van der Waals surface area (Å²) in [7, 11) is 1.75. The van der Waals surface area contributed by atoms with E-state index in [1.165, 1.54) is 25.3 Å². The first-order valence-corrected chi connectivity index (χ1v) is 16.1. The SMILES string of the molecule is CNc1nc(-c2cnc(C(=O)Nc3cccc(F)c3N3CCNCC3)[nH]2)cc(N2CC(C(=O)NC3CCCCC3)CCC2C)n1. The Morgan fingerprint density at radius 3 is 2.62 bits per heavy atom. The zero-order chi connectivity index (χ0) is 31.3. The molecule has 2 atom stereocenters. The Hall–Kier alpha value is -4.26. The van der Waals surface area contributed by atoms with Crippen molar-refractivity contribution in [1.29, 1.82) is 0 Å². The third-order valence-corrected chi connectivity index (χ3v) is 9.17. The van der Waals surface area contributed by atoms with E-state index < -0.39 is 5.91 Å². The van der Waals surface area contributed by atoms with Gasteiger partial charge >= 0.3 is 0 Å². The van der Waals surface area contributed by atoms with Crippen LogP contribution in [0.2, 0.25) is 0 Å². The number of H-pyrrole nitrogens is 1. The largest absolute Gasteiger partial charge is 0.365 e. The van der Waals surface area contributed by atoms with Crippen LogP contribution < -0.4 is 31.1 Å². The van der Waals surface area contributed by atoms with Gasteiger partial charge in [0.1, 0.15) is 11.6 Å². The molecule has 0 bridgehead atoms. The highest BCUT2D eigenvalue weighted by Gasteiger charge is 2.32. The number of benzene rings is 1. The van der Waals surface area contributed by atoms with Gasteiger partial charge in [0.2, 0.25) is 11.9 Å². The maximum Gasteiger partial charge on any atom is 0.291 e. The highest BCUT2D eigenvalue weighted by atomic mass is 19.1. The van der Waals surface area contributed by atoms with Crippen LogP contribution in [0.3, 0.4) is 0 Å². The Morgan fingerprint density at radius 1 is 1.04 bits per heavy atom. The quantitative estimate of drug-likeness (QED) is 0.255. The Balaban J connectivity index is 1.19. The van der Waals surface area contributed by atoms with Gasteiger partial charge in [0.25, 0.3) is 5.91 Å². The van der Waals surface area contributed by atoms with Crippen molar-refractivity contribution in [3.8, 4) is 11.4 Å². The highest BCUT2D eigenvalue weighted by Crippen LogP contribution is 2.32. The molecule has 240 valence electrons. The summed E-state index contributed by atoms with van der Waals surface area (Å²) in [5, 5.41) is 12.4. The summed E-state index contributed by atoms with van der Waals surface area (Å²) in [5.41, 5.74) is 1.87. The lowest BCUT2D eigenvalue weighted by atomic mass is 9.91. The van der Waals surface area contributed by atoms with Crippen LogP contribution in [0, 0.1) is 11.7 Å². The molecule has 2 amide bonds. The number of para-hydroxylation sites is 1. The van der Waals surface area contributed by atoms with Crippen LogP contribution in [0.1, 0.15) is 62.5 Å². The minimum Gasteiger partial charge on any atom is -0.365 e. The van der Waals surface area contributed by atoms with E-state index in [0.29, 0.717) is 54.2 Å². The number of piperidine rings is 1. The summed E-state index contributed by atoms with van der Waals surface area (Å²) in [6.45, 7) is 5.47. The minimum absolute atomic E-state index is 0.0810. The van der Waals surface area contributed by atoms with Crippen molar-refractivity contribution >= 4 is 35.0 Å². The van der Waals surface area contributed by atoms with Crippen LogP contribution in [-0.2, 0) is 4.79 Å². The number of anilines is 4. The fourth-order valence-corrected chi connectivity index (χ4v) is 6.61. The van der Waals surface area contributed by atoms with E-state index in [-0.39, 0.29) is 35.6 Å². The minimum atomic E-state index is -0.483. The zero-order valence-electron chi connectivity index (χ0n) is 26.0. The first-order valence-electron chi connectivity index (χ1n) is 16.1. The average molecular weight is 619 g/mol. The predicted molar refractivity (Wildman–Crippen MR) is 173 cm³/mol. The number of aromatic amines is 1. The number of hydrogen-bond acceptors (Lipinski definition) is 9. The third kappa shape index (κ3) is 7.03. The Morgan fingerprint density at radius 2 is 1.84 bits per heavy atom. The Labute approximate surface area is 263 Å². The number of nitrogens with one attached hydrogen (secondary N) is 5. The lowest BCUT2D eigenvalue weighted by molar-refractivity contribution is -0.126. The van der Waals surface area contributed by atoms with Crippen molar-refractivity contribution < 1.29 is 14.0 Å². The molecular formula is C32H43FN10O2. The predicted octanol–water partition coefficient (Wildman–Crippen LogP) is 3.76. The Bertz CT molecular complexity index is 1500. The molecule has 3 aromatic rings. The van der Waals surface area contributed by atoms with Gasteiger partial charge in [-0.25, -0.2) is 14.4 Å². The summed E-state index contributed by atoms with van der Waals surface area (Å²) >= 11 is 0. The van der Waals surface area contributed by atoms with Crippen LogP contribution in [0.4, 0.5) is 27.5 Å². The smallest absolute Gasteiger partial charge is 0.291 e. The van der Waals surface area contributed by atoms with Gasteiger partial charge in [0.15, 0.2) is 5.82 Å². The molecule has 4 heterocycles. The molecule has 1 aromatic carbocycles. The molecule has 2 unspecified atom stereocenters. The number of piperazine rings is 1. The summed E-state index contributed by atoms with van der Waals surface area (Å²) in [4.78, 5) is 47.4. The standard InChI is InChI=1S/C32H43FN10O2/c1-20-11-12-21(30(44)37-22-7-4-3-5-8-22)19-43(20)27-17-25(40-32(34-2)41-27)26-18-36-29(38-26)31(45)39-24-10-6-9-23(33)28(24)42-15-13-35-14-16-42/h6,9-10,17-18,20-22,35H,3-5,7-8,11-16,19H2,1-2H3,(H,36,38)(H,37,44)(H,39,45)(H,34,40,41). The average Bonchev–Trinajstić information content (AvgIpc) is 3.57. The summed E-state index contributed by atoms with van der Waals surface area (Å²) in [6, 6.07) is 7.01. The molecule has 6 rings (SSSR count). The topological polar surface area (TPSA) is 143 Å². The van der Waals surface area contributed by atoms with Crippen LogP contribution in [0.15, 0.2) is 30.5 Å². The monoisotopic (exact) mass is 618 g/mol. The second-order valence-corrected chi connectivity index (χ2v) is 12.3. The molecule has 2 aliphatic heterocycles. The maximum atomic E-state index is 14.9. The molecule has 13 heteroatoms. The number of halogens is 1. The van der Waals surface area contributed by atoms with Gasteiger partial charge in [0, 0.05) is 57.9 Å². The lowest BCUT2D eigenvalue weighted by Gasteiger charge is -2.39. The van der Waals surface area contributed by atoms with Crippen LogP contribution in [0.5, 0.6) is 0 Å². The van der Waals surface area contributed by atoms with Crippen molar-refractivity contribution in [2.24, 2.45) is 5.92 Å². The maximum absolute atomic E-state index is 14.9. The Kier molecular flexibility index (Phi) is 9.43. The van der Waals surface area contributed by atoms with E-state index in [0.717, 1.165) is 38.8 Å². The van der Waals surface area contributed by atoms with Crippen molar-refractivity contribution in [1.82, 2.24) is 30.6 Å². The number of imidazole rings is 1. The summed E-state index contributed by atoms with van der Waals surface area (Å²) < 4.78 is 14.9. The summed E-state index contributed by atoms with van der Waals surface area (Å²) in [6.07, 6.45) is 8.99. The first kappa shape index (κ1) is 30.8. The molecule has 3 fully saturated rings. The van der Waals surface area contributed by atoms with Crippen molar-refractivity contribution in [2.45, 2.75) is 64.0 Å². The molecule has 0 radical (unpaired) electrons. The van der Waals surface area contributed by atoms with Gasteiger partial charge < -0.3 is 36.1 Å². The van der Waals surface area contributed by atoms with Crippen LogP contribution >= 0.6 is 0 Å². The molecule has 1 aliphatic carbocycles. The zero-order valence-corrected chi connectivity index (χ0v) is 26.0. The lowest BCUT2D eigenvalue weighted by Crippen LogP contribution is -2.49. The molecule has 45 heavy (non-hydrogen) atoms. The van der Waals surface area contributed by atoms with Gasteiger partial charge in [-0.05, 0) is 44.7 Å². The number of rotatable bonds is 8. The fraction of sp³-hybridized carbons (Fsp3) is 0.531. The second-order valence-electron chi connectivity index (χ2n) is 12.3. The van der Waals surface area contributed by atoms with E-state index in [1.54, 1.807) is 25.4 Å². The van der Waals surface area contributed by atoms with Crippen molar-refractivity contribution in [3.05, 3.63) is 42.1 Å². The molecule has 1 saturated carbocycles. The van der Waals surface area contributed by atoms with Gasteiger partial charge in [-0.1, -0.05) is 25.3 Å². The molecule has 3 aliphatic rings. The van der Waals surface area contributed by atoms with Gasteiger partial charge in [0.05, 0.1) is 34.9 Å². The van der Waals surface area contributed by atoms with E-state index in [4.69, 9.17) is 4.98 Å². The molecule has 12 nitrogen and oxygen atoms in total. The number of amides is 2. The van der Waals surface area contributed by atoms with Crippen LogP contribution in [0.25, 0.3) is 11.4 Å². The normalized spacial score (nSPS) is 21.0. The molecule has 5 N–H and O–H groups in total. The number of nitrogens with zero attached hydrogens (tertiary/aromatic N) is 5. The molecule has 2 aromatic heterocycles. The molecular weight excluding hydrogens is 575 g/mol. The molecule has 2 saturated heterocycles. The molecule has 0 spiro atoms. The number of hydrogen-bond donors (Lipinski definition) is 5. The number of carbonyl (C=O) groups excluding carboxylic acids is 2.